The number of rotatable bonds is 8. The topological polar surface area (TPSA) is 88.5 Å². The molecule has 28 heavy (non-hydrogen) atoms. The summed E-state index contributed by atoms with van der Waals surface area (Å²) in [5, 5.41) is 16.9. The highest BCUT2D eigenvalue weighted by Gasteiger charge is 2.11. The first-order chi connectivity index (χ1) is 13.7. The van der Waals surface area contributed by atoms with Crippen molar-refractivity contribution in [3.8, 4) is 22.8 Å². The van der Waals surface area contributed by atoms with Gasteiger partial charge in [-0.15, -0.1) is 20.4 Å². The van der Waals surface area contributed by atoms with Crippen molar-refractivity contribution >= 4 is 66.5 Å². The molecule has 2 aromatic carbocycles. The summed E-state index contributed by atoms with van der Waals surface area (Å²) >= 11 is 2.47. The van der Waals surface area contributed by atoms with Crippen molar-refractivity contribution in [2.45, 2.75) is 12.6 Å². The van der Waals surface area contributed by atoms with Crippen LogP contribution in [0.3, 0.4) is 0 Å². The Labute approximate surface area is 196 Å². The van der Waals surface area contributed by atoms with Gasteiger partial charge < -0.3 is 15.2 Å². The molecule has 0 aliphatic rings. The maximum absolute atomic E-state index is 5.42. The Morgan fingerprint density at radius 2 is 0.786 bits per heavy atom. The molecule has 0 saturated heterocycles. The molecule has 12 heteroatoms. The molecule has 0 aliphatic carbocycles. The molecular weight excluding hydrogens is 420 g/mol. The number of nitrogens with zero attached hydrogens (tertiary/aromatic N) is 4. The van der Waals surface area contributed by atoms with E-state index < -0.39 is 0 Å². The van der Waals surface area contributed by atoms with Gasteiger partial charge >= 0.3 is 66.5 Å². The molecule has 0 aliphatic heterocycles. The van der Waals surface area contributed by atoms with E-state index in [1.165, 1.54) is 0 Å². The van der Waals surface area contributed by atoms with Crippen molar-refractivity contribution in [2.24, 2.45) is 0 Å². The van der Waals surface area contributed by atoms with Crippen molar-refractivity contribution in [1.29, 1.82) is 0 Å². The van der Waals surface area contributed by atoms with Crippen molar-refractivity contribution < 1.29 is 15.2 Å². The summed E-state index contributed by atoms with van der Waals surface area (Å²) in [6.07, 6.45) is -0.564. The lowest BCUT2D eigenvalue weighted by atomic mass is 10.1. The zero-order chi connectivity index (χ0) is 19.9. The van der Waals surface area contributed by atoms with Gasteiger partial charge in [0.15, 0.2) is 0 Å². The molecule has 0 amide bonds. The fourth-order valence-electron chi connectivity index (χ4n) is 2.78. The van der Waals surface area contributed by atoms with Crippen molar-refractivity contribution in [3.63, 3.8) is 0 Å². The molecule has 138 valence electrons. The lowest BCUT2D eigenvalue weighted by Crippen LogP contribution is -2.05. The minimum atomic E-state index is -0.282. The summed E-state index contributed by atoms with van der Waals surface area (Å²) in [5.41, 5.74) is 3.62. The zero-order valence-electron chi connectivity index (χ0n) is 16.2. The van der Waals surface area contributed by atoms with Crippen LogP contribution in [0, 0.1) is 0 Å². The van der Waals surface area contributed by atoms with Crippen LogP contribution < -0.4 is 0 Å². The fourth-order valence-corrected chi connectivity index (χ4v) is 5.40. The Morgan fingerprint density at radius 3 is 1.04 bits per heavy atom. The minimum absolute atomic E-state index is 0.282. The van der Waals surface area contributed by atoms with E-state index in [4.69, 9.17) is 15.2 Å². The predicted octanol–water partition coefficient (Wildman–Crippen LogP) is -1.14. The van der Waals surface area contributed by atoms with E-state index in [0.717, 1.165) is 22.3 Å². The Kier molecular flexibility index (Phi) is 8.61. The molecule has 1 heterocycles. The minimum Gasteiger partial charge on any atom is -0.483 e. The van der Waals surface area contributed by atoms with Crippen LogP contribution in [0.2, 0.25) is 0 Å². The predicted molar refractivity (Wildman–Crippen MR) is 112 cm³/mol. The van der Waals surface area contributed by atoms with Crippen LogP contribution in [-0.2, 0) is 15.2 Å². The van der Waals surface area contributed by atoms with E-state index in [1.54, 1.807) is 0 Å². The van der Waals surface area contributed by atoms with E-state index in [-0.39, 0.29) is 12.6 Å². The van der Waals surface area contributed by atoms with Gasteiger partial charge in [-0.3, -0.25) is 0 Å². The Bertz CT molecular complexity index is 802. The molecule has 0 unspecified atom stereocenters. The first-order valence-corrected chi connectivity index (χ1v) is 11.9. The molecule has 3 aromatic rings. The highest BCUT2D eigenvalue weighted by atomic mass is 27.1. The third kappa shape index (κ3) is 5.28. The van der Waals surface area contributed by atoms with Crippen LogP contribution in [0.25, 0.3) is 22.8 Å². The summed E-state index contributed by atoms with van der Waals surface area (Å²) in [6, 6.07) is 15.4. The van der Waals surface area contributed by atoms with E-state index in [2.05, 4.69) is 20.4 Å². The van der Waals surface area contributed by atoms with E-state index in [1.807, 2.05) is 48.5 Å². The van der Waals surface area contributed by atoms with Gasteiger partial charge in [0.25, 0.3) is 0 Å². The Balaban J connectivity index is 1.76. The molecule has 0 atom stereocenters. The van der Waals surface area contributed by atoms with Gasteiger partial charge in [0.05, 0.1) is 0 Å². The van der Waals surface area contributed by atoms with Gasteiger partial charge in [-0.25, -0.2) is 0 Å². The van der Waals surface area contributed by atoms with Crippen molar-refractivity contribution in [1.82, 2.24) is 20.4 Å². The van der Waals surface area contributed by atoms with Gasteiger partial charge in [0.1, 0.15) is 12.6 Å². The Hall–Kier alpha value is -0.650. The monoisotopic (exact) mass is 438 g/mol. The zero-order valence-corrected chi connectivity index (χ0v) is 24.2. The quantitative estimate of drug-likeness (QED) is 0.322. The van der Waals surface area contributed by atoms with Crippen molar-refractivity contribution in [3.05, 3.63) is 59.7 Å². The SMILES string of the molecule is [AlH2][O]C([O][AlH2])c1ccc(-c2nnc(-c3ccc(C([O][AlH2])[O][AlH2])cc3)nn2)cc1. The molecule has 3 rings (SSSR count). The normalized spacial score (nSPS) is 11.2. The van der Waals surface area contributed by atoms with Crippen LogP contribution in [0.5, 0.6) is 0 Å². The molecule has 0 spiro atoms. The third-order valence-corrected chi connectivity index (χ3v) is 5.93. The van der Waals surface area contributed by atoms with Gasteiger partial charge in [-0.05, 0) is 0 Å². The highest BCUT2D eigenvalue weighted by Crippen LogP contribution is 2.23. The summed E-state index contributed by atoms with van der Waals surface area (Å²) in [4.78, 5) is 0. The first-order valence-electron chi connectivity index (χ1n) is 8.59. The van der Waals surface area contributed by atoms with Crippen LogP contribution in [0.1, 0.15) is 23.7 Å². The van der Waals surface area contributed by atoms with Gasteiger partial charge in [-0.2, -0.15) is 0 Å². The summed E-state index contributed by atoms with van der Waals surface area (Å²) < 4.78 is 21.7. The van der Waals surface area contributed by atoms with Gasteiger partial charge in [0.2, 0.25) is 11.6 Å². The van der Waals surface area contributed by atoms with Crippen LogP contribution >= 0.6 is 0 Å². The Morgan fingerprint density at radius 1 is 0.500 bits per heavy atom. The molecule has 0 fully saturated rings. The summed E-state index contributed by atoms with van der Waals surface area (Å²) in [5.74, 6) is 0.937. The third-order valence-electron chi connectivity index (χ3n) is 4.22. The first kappa shape index (κ1) is 22.0. The lowest BCUT2D eigenvalue weighted by molar-refractivity contribution is 0.0178. The average Bonchev–Trinajstić information content (AvgIpc) is 2.77. The second kappa shape index (κ2) is 10.9. The van der Waals surface area contributed by atoms with Crippen molar-refractivity contribution in [2.75, 3.05) is 0 Å². The molecular formula is C16H18Al4N4O4. The number of hydrogen-bond acceptors (Lipinski definition) is 8. The molecule has 0 radical (unpaired) electrons. The van der Waals surface area contributed by atoms with E-state index in [9.17, 15) is 0 Å². The van der Waals surface area contributed by atoms with Crippen LogP contribution in [-0.4, -0.2) is 86.9 Å². The number of aromatic nitrogens is 4. The summed E-state index contributed by atoms with van der Waals surface area (Å²) in [7, 11) is 0. The van der Waals surface area contributed by atoms with E-state index in [0.29, 0.717) is 78.1 Å². The number of benzene rings is 2. The molecule has 0 bridgehead atoms. The van der Waals surface area contributed by atoms with Gasteiger partial charge in [0, 0.05) is 22.3 Å². The fraction of sp³-hybridized carbons (Fsp3) is 0.125. The molecule has 8 nitrogen and oxygen atoms in total. The highest BCUT2D eigenvalue weighted by molar-refractivity contribution is 6.00. The smallest absolute Gasteiger partial charge is 0.413 e. The lowest BCUT2D eigenvalue weighted by Gasteiger charge is -2.17. The molecule has 1 aromatic heterocycles. The largest absolute Gasteiger partial charge is 0.483 e. The summed E-state index contributed by atoms with van der Waals surface area (Å²) in [6.45, 7) is 0. The molecule has 0 saturated carbocycles. The second-order valence-corrected chi connectivity index (χ2v) is 7.78. The van der Waals surface area contributed by atoms with E-state index >= 15 is 0 Å². The maximum Gasteiger partial charge on any atom is 0.413 e. The maximum atomic E-state index is 5.42. The number of hydrogen-bond donors (Lipinski definition) is 0. The average molecular weight is 438 g/mol. The van der Waals surface area contributed by atoms with Crippen LogP contribution in [0.15, 0.2) is 48.5 Å². The molecule has 0 N–H and O–H groups in total. The van der Waals surface area contributed by atoms with Crippen LogP contribution in [0.4, 0.5) is 0 Å². The standard InChI is InChI=1S/C16H10N4O4.4Al.8H/c21-15(22)11-5-1-9(2-6-11)13-17-19-14(20-18-13)10-3-7-12(8-4-10)16(23)24;;;;;;;;;;;;/h1-8,15-16H;;;;;;;;;;;;/q-4;4*+1;;;;;;;;. The second-order valence-electron chi connectivity index (χ2n) is 5.90. The van der Waals surface area contributed by atoms with Gasteiger partial charge in [-0.1, -0.05) is 48.5 Å².